The summed E-state index contributed by atoms with van der Waals surface area (Å²) in [5.74, 6) is 1.08. The Kier molecular flexibility index (Phi) is 5.33. The van der Waals surface area contributed by atoms with Crippen LogP contribution in [0.3, 0.4) is 0 Å². The molecule has 2 heterocycles. The van der Waals surface area contributed by atoms with Gasteiger partial charge in [-0.3, -0.25) is 9.69 Å². The number of carbonyl (C=O) groups is 1. The van der Waals surface area contributed by atoms with Gasteiger partial charge < -0.3 is 15.1 Å². The van der Waals surface area contributed by atoms with Crippen molar-refractivity contribution in [2.75, 3.05) is 19.6 Å². The van der Waals surface area contributed by atoms with E-state index in [-0.39, 0.29) is 11.9 Å². The number of amides is 1. The maximum Gasteiger partial charge on any atom is 0.238 e. The van der Waals surface area contributed by atoms with Crippen molar-refractivity contribution in [3.63, 3.8) is 0 Å². The average Bonchev–Trinajstić information content (AvgIpc) is 3.35. The van der Waals surface area contributed by atoms with E-state index in [1.165, 1.54) is 10.5 Å². The van der Waals surface area contributed by atoms with Crippen LogP contribution in [0.25, 0.3) is 0 Å². The lowest BCUT2D eigenvalue weighted by Crippen LogP contribution is -2.57. The predicted molar refractivity (Wildman–Crippen MR) is 102 cm³/mol. The molecule has 0 radical (unpaired) electrons. The van der Waals surface area contributed by atoms with Crippen molar-refractivity contribution in [2.45, 2.75) is 48.4 Å². The highest BCUT2D eigenvalue weighted by atomic mass is 32.2. The second-order valence-electron chi connectivity index (χ2n) is 7.16. The first-order chi connectivity index (χ1) is 12.7. The Hall–Kier alpha value is -1.76. The molecule has 1 atom stereocenters. The summed E-state index contributed by atoms with van der Waals surface area (Å²) in [6, 6.07) is 12.8. The zero-order chi connectivity index (χ0) is 17.9. The number of piperazine rings is 1. The minimum Gasteiger partial charge on any atom is -0.453 e. The Labute approximate surface area is 158 Å². The van der Waals surface area contributed by atoms with Crippen LogP contribution in [0.5, 0.6) is 0 Å². The van der Waals surface area contributed by atoms with Gasteiger partial charge in [0.2, 0.25) is 5.91 Å². The van der Waals surface area contributed by atoms with Gasteiger partial charge in [0.1, 0.15) is 5.76 Å². The van der Waals surface area contributed by atoms with E-state index in [1.54, 1.807) is 11.8 Å². The van der Waals surface area contributed by atoms with E-state index >= 15 is 0 Å². The van der Waals surface area contributed by atoms with Gasteiger partial charge in [-0.25, -0.2) is 0 Å². The summed E-state index contributed by atoms with van der Waals surface area (Å²) in [5.41, 5.74) is 1.26. The summed E-state index contributed by atoms with van der Waals surface area (Å²) in [6.07, 6.45) is 2.24. The summed E-state index contributed by atoms with van der Waals surface area (Å²) in [6.45, 7) is 5.30. The van der Waals surface area contributed by atoms with Crippen LogP contribution in [0.4, 0.5) is 0 Å². The van der Waals surface area contributed by atoms with Crippen molar-refractivity contribution in [1.82, 2.24) is 15.5 Å². The van der Waals surface area contributed by atoms with Gasteiger partial charge in [0, 0.05) is 30.6 Å². The molecule has 4 rings (SSSR count). The fourth-order valence-corrected chi connectivity index (χ4v) is 3.89. The maximum atomic E-state index is 12.3. The Bertz CT molecular complexity index is 755. The van der Waals surface area contributed by atoms with Gasteiger partial charge in [-0.05, 0) is 44.0 Å². The van der Waals surface area contributed by atoms with Crippen LogP contribution in [-0.4, -0.2) is 42.5 Å². The number of hydrogen-bond donors (Lipinski definition) is 2. The smallest absolute Gasteiger partial charge is 0.238 e. The third-order valence-electron chi connectivity index (χ3n) is 4.76. The second kappa shape index (κ2) is 7.86. The molecule has 0 bridgehead atoms. The van der Waals surface area contributed by atoms with E-state index in [4.69, 9.17) is 4.42 Å². The molecule has 1 amide bonds. The van der Waals surface area contributed by atoms with Crippen LogP contribution < -0.4 is 10.6 Å². The molecule has 2 aromatic rings. The van der Waals surface area contributed by atoms with Crippen LogP contribution >= 0.6 is 11.8 Å². The molecule has 2 aliphatic rings. The Morgan fingerprint density at radius 3 is 2.85 bits per heavy atom. The Morgan fingerprint density at radius 1 is 1.27 bits per heavy atom. The molecular formula is C20H25N3O2S. The van der Waals surface area contributed by atoms with E-state index in [2.05, 4.69) is 46.7 Å². The summed E-state index contributed by atoms with van der Waals surface area (Å²) < 4.78 is 5.99. The lowest BCUT2D eigenvalue weighted by atomic mass is 10.2. The number of nitrogens with one attached hydrogen (secondary N) is 2. The number of furan rings is 1. The Morgan fingerprint density at radius 2 is 2.08 bits per heavy atom. The number of rotatable bonds is 6. The van der Waals surface area contributed by atoms with Gasteiger partial charge in [0.15, 0.2) is 5.09 Å². The van der Waals surface area contributed by atoms with Gasteiger partial charge >= 0.3 is 0 Å². The lowest BCUT2D eigenvalue weighted by Gasteiger charge is -2.32. The van der Waals surface area contributed by atoms with E-state index in [0.717, 1.165) is 49.9 Å². The number of benzene rings is 1. The fraction of sp³-hybridized carbons (Fsp3) is 0.450. The predicted octanol–water partition coefficient (Wildman–Crippen LogP) is 2.79. The highest BCUT2D eigenvalue weighted by molar-refractivity contribution is 7.99. The second-order valence-corrected chi connectivity index (χ2v) is 8.24. The van der Waals surface area contributed by atoms with Gasteiger partial charge in [0.05, 0.1) is 12.6 Å². The van der Waals surface area contributed by atoms with E-state index in [1.807, 2.05) is 12.1 Å². The molecule has 2 fully saturated rings. The maximum absolute atomic E-state index is 12.3. The zero-order valence-corrected chi connectivity index (χ0v) is 15.8. The molecule has 1 aromatic carbocycles. The van der Waals surface area contributed by atoms with E-state index in [9.17, 15) is 4.79 Å². The molecule has 1 saturated carbocycles. The molecule has 5 nitrogen and oxygen atoms in total. The Balaban J connectivity index is 1.31. The molecule has 1 aliphatic heterocycles. The number of carbonyl (C=O) groups excluding carboxylic acids is 1. The van der Waals surface area contributed by atoms with E-state index < -0.39 is 0 Å². The quantitative estimate of drug-likeness (QED) is 0.818. The zero-order valence-electron chi connectivity index (χ0n) is 15.0. The van der Waals surface area contributed by atoms with Crippen LogP contribution in [0.1, 0.15) is 24.2 Å². The van der Waals surface area contributed by atoms with Crippen molar-refractivity contribution in [3.8, 4) is 0 Å². The first-order valence-electron chi connectivity index (χ1n) is 9.25. The van der Waals surface area contributed by atoms with Crippen LogP contribution in [0.2, 0.25) is 0 Å². The average molecular weight is 372 g/mol. The van der Waals surface area contributed by atoms with Crippen molar-refractivity contribution in [3.05, 3.63) is 47.7 Å². The van der Waals surface area contributed by atoms with Crippen molar-refractivity contribution in [2.24, 2.45) is 0 Å². The molecule has 138 valence electrons. The minimum atomic E-state index is -0.124. The normalized spacial score (nSPS) is 20.9. The van der Waals surface area contributed by atoms with Gasteiger partial charge in [-0.1, -0.05) is 29.5 Å². The van der Waals surface area contributed by atoms with Crippen molar-refractivity contribution in [1.29, 1.82) is 0 Å². The highest BCUT2D eigenvalue weighted by Crippen LogP contribution is 2.29. The van der Waals surface area contributed by atoms with Crippen LogP contribution in [-0.2, 0) is 11.3 Å². The van der Waals surface area contributed by atoms with Gasteiger partial charge in [0.25, 0.3) is 0 Å². The van der Waals surface area contributed by atoms with E-state index in [0.29, 0.717) is 6.04 Å². The van der Waals surface area contributed by atoms with Gasteiger partial charge in [-0.15, -0.1) is 0 Å². The molecule has 1 aromatic heterocycles. The molecule has 1 aliphatic carbocycles. The van der Waals surface area contributed by atoms with Crippen LogP contribution in [0, 0.1) is 6.92 Å². The molecular weight excluding hydrogens is 346 g/mol. The number of nitrogens with zero attached hydrogens (tertiary/aromatic N) is 1. The molecule has 2 N–H and O–H groups in total. The third kappa shape index (κ3) is 4.69. The summed E-state index contributed by atoms with van der Waals surface area (Å²) in [5, 5.41) is 7.31. The molecule has 1 saturated heterocycles. The number of hydrogen-bond acceptors (Lipinski definition) is 5. The third-order valence-corrected chi connectivity index (χ3v) is 5.68. The summed E-state index contributed by atoms with van der Waals surface area (Å²) in [4.78, 5) is 15.7. The SMILES string of the molecule is Cc1ccc(Sc2ccc(CN3CCNC(C(=O)NC4CC4)C3)o2)cc1. The fourth-order valence-electron chi connectivity index (χ4n) is 3.10. The molecule has 1 unspecified atom stereocenters. The standard InChI is InChI=1S/C20H25N3O2S/c1-14-2-7-17(8-3-14)26-19-9-6-16(25-19)12-23-11-10-21-18(13-23)20(24)22-15-4-5-15/h2-3,6-9,15,18,21H,4-5,10-13H2,1H3,(H,22,24). The van der Waals surface area contributed by atoms with Crippen LogP contribution in [0.15, 0.2) is 50.8 Å². The highest BCUT2D eigenvalue weighted by Gasteiger charge is 2.30. The molecule has 0 spiro atoms. The monoisotopic (exact) mass is 371 g/mol. The summed E-state index contributed by atoms with van der Waals surface area (Å²) >= 11 is 1.64. The molecule has 6 heteroatoms. The van der Waals surface area contributed by atoms with Crippen molar-refractivity contribution >= 4 is 17.7 Å². The topological polar surface area (TPSA) is 57.5 Å². The summed E-state index contributed by atoms with van der Waals surface area (Å²) in [7, 11) is 0. The van der Waals surface area contributed by atoms with Gasteiger partial charge in [-0.2, -0.15) is 0 Å². The molecule has 26 heavy (non-hydrogen) atoms. The first-order valence-corrected chi connectivity index (χ1v) is 10.1. The largest absolute Gasteiger partial charge is 0.453 e. The van der Waals surface area contributed by atoms with Crippen molar-refractivity contribution < 1.29 is 9.21 Å². The minimum absolute atomic E-state index is 0.124. The lowest BCUT2D eigenvalue weighted by molar-refractivity contribution is -0.124. The number of aryl methyl sites for hydroxylation is 1. The first kappa shape index (κ1) is 17.6.